The van der Waals surface area contributed by atoms with Crippen LogP contribution in [0.25, 0.3) is 0 Å². The van der Waals surface area contributed by atoms with Crippen molar-refractivity contribution in [2.24, 2.45) is 5.92 Å². The summed E-state index contributed by atoms with van der Waals surface area (Å²) >= 11 is 0. The van der Waals surface area contributed by atoms with E-state index in [0.717, 1.165) is 32.2 Å². The molecule has 0 saturated carbocycles. The van der Waals surface area contributed by atoms with Crippen molar-refractivity contribution in [1.29, 1.82) is 0 Å². The summed E-state index contributed by atoms with van der Waals surface area (Å²) < 4.78 is 22.3. The fourth-order valence-corrected chi connectivity index (χ4v) is 3.21. The number of amides is 2. The van der Waals surface area contributed by atoms with Crippen molar-refractivity contribution in [1.82, 2.24) is 4.90 Å². The number of carbonyl (C=O) groups excluding carboxylic acids is 2. The lowest BCUT2D eigenvalue weighted by atomic mass is 9.98. The quantitative estimate of drug-likeness (QED) is 0.878. The molecule has 1 fully saturated rings. The van der Waals surface area contributed by atoms with E-state index in [1.807, 2.05) is 4.90 Å². The molecule has 2 rings (SSSR count). The second-order valence-electron chi connectivity index (χ2n) is 6.45. The molecule has 1 aliphatic rings. The number of para-hydroxylation sites is 1. The van der Waals surface area contributed by atoms with Crippen LogP contribution in [0.4, 0.5) is 5.69 Å². The molecule has 2 amide bonds. The van der Waals surface area contributed by atoms with Crippen molar-refractivity contribution >= 4 is 27.3 Å². The van der Waals surface area contributed by atoms with Gasteiger partial charge in [0, 0.05) is 25.8 Å². The minimum atomic E-state index is -3.20. The van der Waals surface area contributed by atoms with Gasteiger partial charge in [-0.3, -0.25) is 9.59 Å². The van der Waals surface area contributed by atoms with Crippen molar-refractivity contribution in [2.75, 3.05) is 30.4 Å². The number of carbonyl (C=O) groups is 2. The molecule has 0 bridgehead atoms. The van der Waals surface area contributed by atoms with Crippen molar-refractivity contribution in [3.63, 3.8) is 0 Å². The number of hydrogen-bond acceptors (Lipinski definition) is 4. The van der Waals surface area contributed by atoms with Gasteiger partial charge in [-0.25, -0.2) is 8.42 Å². The predicted molar refractivity (Wildman–Crippen MR) is 93.7 cm³/mol. The van der Waals surface area contributed by atoms with Crippen LogP contribution in [0.5, 0.6) is 0 Å². The fourth-order valence-electron chi connectivity index (χ4n) is 2.65. The van der Waals surface area contributed by atoms with E-state index in [2.05, 4.69) is 12.2 Å². The van der Waals surface area contributed by atoms with E-state index in [1.165, 1.54) is 0 Å². The smallest absolute Gasteiger partial charge is 0.255 e. The van der Waals surface area contributed by atoms with Gasteiger partial charge in [0.05, 0.1) is 17.0 Å². The van der Waals surface area contributed by atoms with Gasteiger partial charge in [-0.05, 0) is 30.9 Å². The van der Waals surface area contributed by atoms with Gasteiger partial charge in [-0.15, -0.1) is 0 Å². The van der Waals surface area contributed by atoms with Gasteiger partial charge in [-0.1, -0.05) is 19.1 Å². The second kappa shape index (κ2) is 7.79. The standard InChI is InChI=1S/C17H24N2O4S/c1-13-7-10-19(11-8-13)17(21)14-5-3-4-6-15(14)18-16(20)9-12-24(2,22)23/h3-6,13H,7-12H2,1-2H3,(H,18,20). The second-order valence-corrected chi connectivity index (χ2v) is 8.71. The van der Waals surface area contributed by atoms with E-state index in [9.17, 15) is 18.0 Å². The van der Waals surface area contributed by atoms with Crippen LogP contribution in [0.3, 0.4) is 0 Å². The summed E-state index contributed by atoms with van der Waals surface area (Å²) in [5.74, 6) is -0.0901. The van der Waals surface area contributed by atoms with Crippen molar-refractivity contribution in [2.45, 2.75) is 26.2 Å². The van der Waals surface area contributed by atoms with E-state index in [-0.39, 0.29) is 18.1 Å². The lowest BCUT2D eigenvalue weighted by molar-refractivity contribution is -0.115. The van der Waals surface area contributed by atoms with Gasteiger partial charge >= 0.3 is 0 Å². The van der Waals surface area contributed by atoms with Crippen molar-refractivity contribution in [3.8, 4) is 0 Å². The molecule has 1 saturated heterocycles. The van der Waals surface area contributed by atoms with Gasteiger partial charge in [0.25, 0.3) is 5.91 Å². The summed E-state index contributed by atoms with van der Waals surface area (Å²) in [5.41, 5.74) is 0.874. The maximum absolute atomic E-state index is 12.7. The van der Waals surface area contributed by atoms with E-state index in [4.69, 9.17) is 0 Å². The van der Waals surface area contributed by atoms with Crippen molar-refractivity contribution < 1.29 is 18.0 Å². The Hall–Kier alpha value is -1.89. The number of anilines is 1. The monoisotopic (exact) mass is 352 g/mol. The molecule has 24 heavy (non-hydrogen) atoms. The number of piperidine rings is 1. The molecular weight excluding hydrogens is 328 g/mol. The largest absolute Gasteiger partial charge is 0.339 e. The Bertz CT molecular complexity index is 707. The molecule has 1 heterocycles. The predicted octanol–water partition coefficient (Wildman–Crippen LogP) is 1.93. The number of rotatable bonds is 5. The average Bonchev–Trinajstić information content (AvgIpc) is 2.53. The summed E-state index contributed by atoms with van der Waals surface area (Å²) in [6.07, 6.45) is 2.93. The highest BCUT2D eigenvalue weighted by Crippen LogP contribution is 2.22. The van der Waals surface area contributed by atoms with E-state index >= 15 is 0 Å². The van der Waals surface area contributed by atoms with Crippen LogP contribution >= 0.6 is 0 Å². The van der Waals surface area contributed by atoms with Gasteiger partial charge in [0.1, 0.15) is 9.84 Å². The number of sulfone groups is 1. The van der Waals surface area contributed by atoms with Gasteiger partial charge in [0.15, 0.2) is 0 Å². The number of nitrogens with zero attached hydrogens (tertiary/aromatic N) is 1. The van der Waals surface area contributed by atoms with Crippen molar-refractivity contribution in [3.05, 3.63) is 29.8 Å². The molecule has 1 aromatic rings. The molecule has 132 valence electrons. The minimum Gasteiger partial charge on any atom is -0.339 e. The summed E-state index contributed by atoms with van der Waals surface area (Å²) in [5, 5.41) is 2.66. The van der Waals surface area contributed by atoms with Crippen LogP contribution in [-0.4, -0.2) is 50.2 Å². The summed E-state index contributed by atoms with van der Waals surface area (Å²) in [6, 6.07) is 6.85. The molecule has 6 nitrogen and oxygen atoms in total. The minimum absolute atomic E-state index is 0.0964. The lowest BCUT2D eigenvalue weighted by Gasteiger charge is -2.30. The molecule has 1 N–H and O–H groups in total. The molecule has 1 aromatic carbocycles. The Morgan fingerprint density at radius 1 is 1.21 bits per heavy atom. The van der Waals surface area contributed by atoms with E-state index < -0.39 is 15.7 Å². The van der Waals surface area contributed by atoms with Gasteiger partial charge in [-0.2, -0.15) is 0 Å². The Balaban J connectivity index is 2.07. The highest BCUT2D eigenvalue weighted by atomic mass is 32.2. The van der Waals surface area contributed by atoms with E-state index in [0.29, 0.717) is 17.2 Å². The van der Waals surface area contributed by atoms with Crippen LogP contribution in [0.2, 0.25) is 0 Å². The molecule has 7 heteroatoms. The molecular formula is C17H24N2O4S. The Morgan fingerprint density at radius 3 is 2.46 bits per heavy atom. The van der Waals surface area contributed by atoms with Crippen LogP contribution in [0.1, 0.15) is 36.5 Å². The number of nitrogens with one attached hydrogen (secondary N) is 1. The van der Waals surface area contributed by atoms with Crippen LogP contribution in [-0.2, 0) is 14.6 Å². The molecule has 0 aromatic heterocycles. The first-order chi connectivity index (χ1) is 11.3. The first-order valence-electron chi connectivity index (χ1n) is 8.12. The summed E-state index contributed by atoms with van der Waals surface area (Å²) in [6.45, 7) is 3.62. The lowest BCUT2D eigenvalue weighted by Crippen LogP contribution is -2.38. The summed E-state index contributed by atoms with van der Waals surface area (Å²) in [7, 11) is -3.20. The molecule has 0 radical (unpaired) electrons. The third kappa shape index (κ3) is 5.33. The molecule has 0 aliphatic carbocycles. The molecule has 0 unspecified atom stereocenters. The Kier molecular flexibility index (Phi) is 5.99. The topological polar surface area (TPSA) is 83.6 Å². The van der Waals surface area contributed by atoms with Crippen LogP contribution in [0, 0.1) is 5.92 Å². The molecule has 1 aliphatic heterocycles. The highest BCUT2D eigenvalue weighted by Gasteiger charge is 2.23. The van der Waals surface area contributed by atoms with Gasteiger partial charge < -0.3 is 10.2 Å². The highest BCUT2D eigenvalue weighted by molar-refractivity contribution is 7.90. The Labute approximate surface area is 143 Å². The zero-order chi connectivity index (χ0) is 17.7. The third-order valence-corrected chi connectivity index (χ3v) is 5.15. The fraction of sp³-hybridized carbons (Fsp3) is 0.529. The summed E-state index contributed by atoms with van der Waals surface area (Å²) in [4.78, 5) is 26.5. The first kappa shape index (κ1) is 18.4. The maximum atomic E-state index is 12.7. The van der Waals surface area contributed by atoms with Gasteiger partial charge in [0.2, 0.25) is 5.91 Å². The number of hydrogen-bond donors (Lipinski definition) is 1. The third-order valence-electron chi connectivity index (χ3n) is 4.20. The number of likely N-dealkylation sites (tertiary alicyclic amines) is 1. The zero-order valence-electron chi connectivity index (χ0n) is 14.1. The SMILES string of the molecule is CC1CCN(C(=O)c2ccccc2NC(=O)CCS(C)(=O)=O)CC1. The number of benzene rings is 1. The molecule has 0 atom stereocenters. The average molecular weight is 352 g/mol. The van der Waals surface area contributed by atoms with E-state index in [1.54, 1.807) is 24.3 Å². The van der Waals surface area contributed by atoms with Crippen LogP contribution in [0.15, 0.2) is 24.3 Å². The first-order valence-corrected chi connectivity index (χ1v) is 10.2. The maximum Gasteiger partial charge on any atom is 0.255 e. The normalized spacial score (nSPS) is 16.0. The Morgan fingerprint density at radius 2 is 1.83 bits per heavy atom. The molecule has 0 spiro atoms. The van der Waals surface area contributed by atoms with Crippen LogP contribution < -0.4 is 5.32 Å². The zero-order valence-corrected chi connectivity index (χ0v) is 14.9.